The molecule has 2 aromatic heterocycles. The number of aromatic nitrogens is 3. The Labute approximate surface area is 144 Å². The molecule has 2 aromatic rings. The van der Waals surface area contributed by atoms with Crippen molar-refractivity contribution in [2.24, 2.45) is 0 Å². The minimum atomic E-state index is -4.43. The van der Waals surface area contributed by atoms with Crippen molar-refractivity contribution in [1.29, 1.82) is 0 Å². The van der Waals surface area contributed by atoms with E-state index in [0.717, 1.165) is 27.5 Å². The van der Waals surface area contributed by atoms with Gasteiger partial charge in [0.1, 0.15) is 6.54 Å². The predicted octanol–water partition coefficient (Wildman–Crippen LogP) is 3.16. The van der Waals surface area contributed by atoms with Crippen LogP contribution in [0.25, 0.3) is 5.65 Å². The summed E-state index contributed by atoms with van der Waals surface area (Å²) in [4.78, 5) is 17.4. The molecular formula is C17H21F3N4O. The van der Waals surface area contributed by atoms with Gasteiger partial charge in [0.05, 0.1) is 5.69 Å². The van der Waals surface area contributed by atoms with E-state index in [1.165, 1.54) is 6.08 Å². The van der Waals surface area contributed by atoms with Gasteiger partial charge in [-0.15, -0.1) is 6.58 Å². The molecule has 0 atom stereocenters. The van der Waals surface area contributed by atoms with Crippen molar-refractivity contribution in [2.45, 2.75) is 39.8 Å². The number of amides is 1. The second-order valence-corrected chi connectivity index (χ2v) is 6.00. The van der Waals surface area contributed by atoms with E-state index in [9.17, 15) is 18.0 Å². The molecule has 0 spiro atoms. The quantitative estimate of drug-likeness (QED) is 0.749. The number of aryl methyl sites for hydroxylation is 3. The van der Waals surface area contributed by atoms with E-state index in [4.69, 9.17) is 0 Å². The molecule has 0 radical (unpaired) electrons. The fourth-order valence-corrected chi connectivity index (χ4v) is 2.82. The van der Waals surface area contributed by atoms with Gasteiger partial charge in [-0.05, 0) is 32.8 Å². The first-order chi connectivity index (χ1) is 11.6. The smallest absolute Gasteiger partial charge is 0.330 e. The molecule has 0 saturated heterocycles. The second kappa shape index (κ2) is 7.25. The van der Waals surface area contributed by atoms with Gasteiger partial charge in [0.15, 0.2) is 5.65 Å². The number of carbonyl (C=O) groups is 1. The fourth-order valence-electron chi connectivity index (χ4n) is 2.82. The molecule has 2 rings (SSSR count). The number of hydrogen-bond donors (Lipinski definition) is 0. The molecule has 0 unspecified atom stereocenters. The molecule has 0 aliphatic carbocycles. The summed E-state index contributed by atoms with van der Waals surface area (Å²) in [5.74, 6) is -0.562. The lowest BCUT2D eigenvalue weighted by atomic mass is 10.1. The van der Waals surface area contributed by atoms with E-state index < -0.39 is 18.6 Å². The number of alkyl halides is 3. The third-order valence-electron chi connectivity index (χ3n) is 3.95. The lowest BCUT2D eigenvalue weighted by Crippen LogP contribution is -2.39. The summed E-state index contributed by atoms with van der Waals surface area (Å²) in [5.41, 5.74) is 3.96. The number of rotatable bonds is 6. The Morgan fingerprint density at radius 3 is 2.64 bits per heavy atom. The van der Waals surface area contributed by atoms with Crippen LogP contribution in [0.1, 0.15) is 29.1 Å². The highest BCUT2D eigenvalue weighted by Gasteiger charge is 2.32. The molecule has 0 saturated carbocycles. The summed E-state index contributed by atoms with van der Waals surface area (Å²) < 4.78 is 39.5. The molecule has 0 aliphatic heterocycles. The maximum Gasteiger partial charge on any atom is 0.406 e. The highest BCUT2D eigenvalue weighted by atomic mass is 19.4. The van der Waals surface area contributed by atoms with Crippen LogP contribution < -0.4 is 0 Å². The number of hydrogen-bond acceptors (Lipinski definition) is 3. The molecule has 0 fully saturated rings. The molecule has 0 bridgehead atoms. The summed E-state index contributed by atoms with van der Waals surface area (Å²) in [6, 6.07) is 1.85. The highest BCUT2D eigenvalue weighted by molar-refractivity contribution is 5.76. The van der Waals surface area contributed by atoms with Crippen molar-refractivity contribution in [3.8, 4) is 0 Å². The number of nitrogens with zero attached hydrogens (tertiary/aromatic N) is 4. The van der Waals surface area contributed by atoms with Gasteiger partial charge < -0.3 is 4.90 Å². The normalized spacial score (nSPS) is 11.8. The maximum atomic E-state index is 12.6. The first-order valence-corrected chi connectivity index (χ1v) is 7.90. The van der Waals surface area contributed by atoms with Gasteiger partial charge in [0.25, 0.3) is 0 Å². The summed E-state index contributed by atoms with van der Waals surface area (Å²) in [6.07, 6.45) is -2.86. The third kappa shape index (κ3) is 4.58. The molecule has 2 heterocycles. The third-order valence-corrected chi connectivity index (χ3v) is 3.95. The van der Waals surface area contributed by atoms with Crippen molar-refractivity contribution in [3.05, 3.63) is 41.4 Å². The standard InChI is InChI=1S/C17H21F3N4O/c1-5-8-23(10-17(18,19)20)16(25)7-6-14-12(3)21-15-9-11(2)22-24(15)13(14)4/h5,9H,1,6-8,10H2,2-4H3. The van der Waals surface area contributed by atoms with Crippen LogP contribution in [0.2, 0.25) is 0 Å². The SMILES string of the molecule is C=CCN(CC(F)(F)F)C(=O)CCc1c(C)nc2cc(C)nn2c1C. The maximum absolute atomic E-state index is 12.6. The van der Waals surface area contributed by atoms with Crippen molar-refractivity contribution < 1.29 is 18.0 Å². The second-order valence-electron chi connectivity index (χ2n) is 6.00. The van der Waals surface area contributed by atoms with Gasteiger partial charge in [-0.25, -0.2) is 9.50 Å². The lowest BCUT2D eigenvalue weighted by molar-refractivity contribution is -0.160. The van der Waals surface area contributed by atoms with E-state index in [2.05, 4.69) is 16.7 Å². The van der Waals surface area contributed by atoms with E-state index >= 15 is 0 Å². The number of halogens is 3. The van der Waals surface area contributed by atoms with Gasteiger partial charge in [0, 0.05) is 30.4 Å². The molecule has 0 aliphatic rings. The zero-order valence-electron chi connectivity index (χ0n) is 14.5. The average Bonchev–Trinajstić information content (AvgIpc) is 2.85. The molecule has 0 aromatic carbocycles. The Kier molecular flexibility index (Phi) is 5.49. The van der Waals surface area contributed by atoms with E-state index in [0.29, 0.717) is 12.1 Å². The van der Waals surface area contributed by atoms with Crippen molar-refractivity contribution in [2.75, 3.05) is 13.1 Å². The zero-order valence-corrected chi connectivity index (χ0v) is 14.5. The van der Waals surface area contributed by atoms with Crippen LogP contribution in [0, 0.1) is 20.8 Å². The monoisotopic (exact) mass is 354 g/mol. The van der Waals surface area contributed by atoms with E-state index in [-0.39, 0.29) is 13.0 Å². The highest BCUT2D eigenvalue weighted by Crippen LogP contribution is 2.20. The van der Waals surface area contributed by atoms with Gasteiger partial charge >= 0.3 is 6.18 Å². The van der Waals surface area contributed by atoms with Crippen molar-refractivity contribution >= 4 is 11.6 Å². The molecule has 5 nitrogen and oxygen atoms in total. The summed E-state index contributed by atoms with van der Waals surface area (Å²) >= 11 is 0. The Hall–Kier alpha value is -2.38. The largest absolute Gasteiger partial charge is 0.406 e. The minimum absolute atomic E-state index is 0.0287. The van der Waals surface area contributed by atoms with Gasteiger partial charge in [0.2, 0.25) is 5.91 Å². The topological polar surface area (TPSA) is 50.5 Å². The molecule has 136 valence electrons. The van der Waals surface area contributed by atoms with Crippen LogP contribution in [0.4, 0.5) is 13.2 Å². The van der Waals surface area contributed by atoms with Gasteiger partial charge in [-0.1, -0.05) is 6.08 Å². The van der Waals surface area contributed by atoms with E-state index in [1.807, 2.05) is 26.8 Å². The van der Waals surface area contributed by atoms with Crippen LogP contribution >= 0.6 is 0 Å². The van der Waals surface area contributed by atoms with Crippen molar-refractivity contribution in [1.82, 2.24) is 19.5 Å². The van der Waals surface area contributed by atoms with E-state index in [1.54, 1.807) is 4.52 Å². The Bertz CT molecular complexity index is 795. The zero-order chi connectivity index (χ0) is 18.8. The predicted molar refractivity (Wildman–Crippen MR) is 88.4 cm³/mol. The summed E-state index contributed by atoms with van der Waals surface area (Å²) in [6.45, 7) is 7.56. The lowest BCUT2D eigenvalue weighted by Gasteiger charge is -2.23. The van der Waals surface area contributed by atoms with Crippen LogP contribution in [0.15, 0.2) is 18.7 Å². The van der Waals surface area contributed by atoms with Crippen LogP contribution in [0.5, 0.6) is 0 Å². The molecule has 25 heavy (non-hydrogen) atoms. The summed E-state index contributed by atoms with van der Waals surface area (Å²) in [5, 5.41) is 4.35. The fraction of sp³-hybridized carbons (Fsp3) is 0.471. The molecule has 0 N–H and O–H groups in total. The van der Waals surface area contributed by atoms with Gasteiger partial charge in [-0.2, -0.15) is 18.3 Å². The van der Waals surface area contributed by atoms with Crippen LogP contribution in [0.3, 0.4) is 0 Å². The average molecular weight is 354 g/mol. The van der Waals surface area contributed by atoms with Crippen LogP contribution in [-0.2, 0) is 11.2 Å². The van der Waals surface area contributed by atoms with Gasteiger partial charge in [-0.3, -0.25) is 4.79 Å². The molecule has 8 heteroatoms. The minimum Gasteiger partial charge on any atom is -0.330 e. The van der Waals surface area contributed by atoms with Crippen molar-refractivity contribution in [3.63, 3.8) is 0 Å². The van der Waals surface area contributed by atoms with Crippen LogP contribution in [-0.4, -0.2) is 44.7 Å². The Morgan fingerprint density at radius 2 is 2.04 bits per heavy atom. The first-order valence-electron chi connectivity index (χ1n) is 7.90. The number of carbonyl (C=O) groups excluding carboxylic acids is 1. The first kappa shape index (κ1) is 19.0. The molecular weight excluding hydrogens is 333 g/mol. The molecule has 1 amide bonds. The Balaban J connectivity index is 2.18. The number of fused-ring (bicyclic) bond motifs is 1. The summed E-state index contributed by atoms with van der Waals surface area (Å²) in [7, 11) is 0. The Morgan fingerprint density at radius 1 is 1.36 bits per heavy atom.